The minimum Gasteiger partial charge on any atom is -0.330 e. The van der Waals surface area contributed by atoms with Crippen LogP contribution in [0.2, 0.25) is 0 Å². The maximum atomic E-state index is 13.2. The highest BCUT2D eigenvalue weighted by Crippen LogP contribution is 2.33. The standard InChI is InChI=1S/C8H16F2N2/c9-8(10,3-4-11)7-1-5-12-6-2-7/h7,12H,1-6,11H2. The lowest BCUT2D eigenvalue weighted by Gasteiger charge is -2.30. The van der Waals surface area contributed by atoms with Crippen LogP contribution in [0, 0.1) is 5.92 Å². The van der Waals surface area contributed by atoms with Gasteiger partial charge in [0.2, 0.25) is 0 Å². The van der Waals surface area contributed by atoms with Gasteiger partial charge in [0.25, 0.3) is 5.92 Å². The number of hydrogen-bond acceptors (Lipinski definition) is 2. The lowest BCUT2D eigenvalue weighted by Crippen LogP contribution is -2.39. The van der Waals surface area contributed by atoms with Crippen molar-refractivity contribution in [1.29, 1.82) is 0 Å². The van der Waals surface area contributed by atoms with Crippen LogP contribution in [0.5, 0.6) is 0 Å². The second-order valence-corrected chi connectivity index (χ2v) is 3.32. The molecule has 12 heavy (non-hydrogen) atoms. The Bertz CT molecular complexity index is 133. The summed E-state index contributed by atoms with van der Waals surface area (Å²) >= 11 is 0. The van der Waals surface area contributed by atoms with Gasteiger partial charge in [-0.05, 0) is 32.5 Å². The predicted octanol–water partition coefficient (Wildman–Crippen LogP) is 0.970. The van der Waals surface area contributed by atoms with Crippen LogP contribution in [0.4, 0.5) is 8.78 Å². The second kappa shape index (κ2) is 4.14. The molecule has 3 N–H and O–H groups in total. The predicted molar refractivity (Wildman–Crippen MR) is 44.2 cm³/mol. The maximum absolute atomic E-state index is 13.2. The van der Waals surface area contributed by atoms with Crippen LogP contribution < -0.4 is 11.1 Å². The quantitative estimate of drug-likeness (QED) is 0.675. The Hall–Kier alpha value is -0.220. The van der Waals surface area contributed by atoms with Gasteiger partial charge in [-0.3, -0.25) is 0 Å². The first-order chi connectivity index (χ1) is 5.67. The zero-order valence-corrected chi connectivity index (χ0v) is 7.15. The normalized spacial score (nSPS) is 21.2. The molecule has 1 saturated heterocycles. The van der Waals surface area contributed by atoms with Crippen molar-refractivity contribution in [2.24, 2.45) is 11.7 Å². The second-order valence-electron chi connectivity index (χ2n) is 3.32. The first kappa shape index (κ1) is 9.86. The number of alkyl halides is 2. The van der Waals surface area contributed by atoms with Crippen molar-refractivity contribution < 1.29 is 8.78 Å². The van der Waals surface area contributed by atoms with E-state index in [0.717, 1.165) is 0 Å². The Morgan fingerprint density at radius 2 is 1.92 bits per heavy atom. The summed E-state index contributed by atoms with van der Waals surface area (Å²) in [5.41, 5.74) is 5.13. The smallest absolute Gasteiger partial charge is 0.252 e. The van der Waals surface area contributed by atoms with E-state index in [-0.39, 0.29) is 13.0 Å². The largest absolute Gasteiger partial charge is 0.330 e. The summed E-state index contributed by atoms with van der Waals surface area (Å²) in [5.74, 6) is -3.00. The van der Waals surface area contributed by atoms with Crippen molar-refractivity contribution in [3.63, 3.8) is 0 Å². The van der Waals surface area contributed by atoms with Crippen LogP contribution in [-0.4, -0.2) is 25.6 Å². The van der Waals surface area contributed by atoms with Gasteiger partial charge in [0, 0.05) is 12.3 Å². The van der Waals surface area contributed by atoms with Gasteiger partial charge in [-0.2, -0.15) is 0 Å². The highest BCUT2D eigenvalue weighted by atomic mass is 19.3. The fraction of sp³-hybridized carbons (Fsp3) is 1.00. The van der Waals surface area contributed by atoms with Crippen molar-refractivity contribution in [2.75, 3.05) is 19.6 Å². The first-order valence-electron chi connectivity index (χ1n) is 4.45. The Kier molecular flexibility index (Phi) is 3.40. The van der Waals surface area contributed by atoms with Gasteiger partial charge < -0.3 is 11.1 Å². The topological polar surface area (TPSA) is 38.0 Å². The van der Waals surface area contributed by atoms with Crippen molar-refractivity contribution in [1.82, 2.24) is 5.32 Å². The van der Waals surface area contributed by atoms with Gasteiger partial charge >= 0.3 is 0 Å². The average Bonchev–Trinajstić information content (AvgIpc) is 2.06. The molecule has 0 saturated carbocycles. The van der Waals surface area contributed by atoms with Crippen molar-refractivity contribution in [2.45, 2.75) is 25.2 Å². The average molecular weight is 178 g/mol. The van der Waals surface area contributed by atoms with E-state index >= 15 is 0 Å². The van der Waals surface area contributed by atoms with Gasteiger partial charge in [0.1, 0.15) is 0 Å². The Morgan fingerprint density at radius 1 is 1.33 bits per heavy atom. The first-order valence-corrected chi connectivity index (χ1v) is 4.45. The molecule has 72 valence electrons. The summed E-state index contributed by atoms with van der Waals surface area (Å²) in [4.78, 5) is 0. The van der Waals surface area contributed by atoms with Crippen molar-refractivity contribution in [3.05, 3.63) is 0 Å². The zero-order chi connectivity index (χ0) is 9.03. The molecule has 4 heteroatoms. The molecule has 1 aliphatic rings. The number of rotatable bonds is 3. The van der Waals surface area contributed by atoms with Gasteiger partial charge in [-0.25, -0.2) is 8.78 Å². The van der Waals surface area contributed by atoms with Crippen LogP contribution in [0.3, 0.4) is 0 Å². The highest BCUT2D eigenvalue weighted by Gasteiger charge is 2.38. The fourth-order valence-electron chi connectivity index (χ4n) is 1.64. The van der Waals surface area contributed by atoms with E-state index in [1.165, 1.54) is 0 Å². The molecule has 1 aliphatic heterocycles. The monoisotopic (exact) mass is 178 g/mol. The number of nitrogens with one attached hydrogen (secondary N) is 1. The molecule has 0 bridgehead atoms. The Labute approximate surface area is 71.5 Å². The third-order valence-electron chi connectivity index (χ3n) is 2.41. The van der Waals surface area contributed by atoms with Crippen molar-refractivity contribution >= 4 is 0 Å². The van der Waals surface area contributed by atoms with Crippen LogP contribution >= 0.6 is 0 Å². The lowest BCUT2D eigenvalue weighted by atomic mass is 9.89. The molecule has 2 nitrogen and oxygen atoms in total. The minimum atomic E-state index is -2.54. The molecule has 1 fully saturated rings. The molecule has 0 spiro atoms. The van der Waals surface area contributed by atoms with Crippen LogP contribution in [0.15, 0.2) is 0 Å². The Morgan fingerprint density at radius 3 is 2.42 bits per heavy atom. The minimum absolute atomic E-state index is 0.0803. The molecule has 1 rings (SSSR count). The molecule has 0 atom stereocenters. The number of piperidine rings is 1. The molecule has 0 unspecified atom stereocenters. The molecular formula is C8H16F2N2. The van der Waals surface area contributed by atoms with E-state index in [1.807, 2.05) is 0 Å². The van der Waals surface area contributed by atoms with Crippen LogP contribution in [-0.2, 0) is 0 Å². The molecule has 0 aromatic rings. The van der Waals surface area contributed by atoms with E-state index < -0.39 is 11.8 Å². The van der Waals surface area contributed by atoms with Crippen LogP contribution in [0.1, 0.15) is 19.3 Å². The van der Waals surface area contributed by atoms with Gasteiger partial charge in [-0.1, -0.05) is 0 Å². The third kappa shape index (κ3) is 2.38. The fourth-order valence-corrected chi connectivity index (χ4v) is 1.64. The molecule has 0 aromatic heterocycles. The molecule has 0 amide bonds. The molecule has 0 radical (unpaired) electrons. The zero-order valence-electron chi connectivity index (χ0n) is 7.15. The van der Waals surface area contributed by atoms with Crippen LogP contribution in [0.25, 0.3) is 0 Å². The number of halogens is 2. The van der Waals surface area contributed by atoms with Gasteiger partial charge in [-0.15, -0.1) is 0 Å². The van der Waals surface area contributed by atoms with E-state index in [0.29, 0.717) is 25.9 Å². The number of hydrogen-bond donors (Lipinski definition) is 2. The van der Waals surface area contributed by atoms with Crippen molar-refractivity contribution in [3.8, 4) is 0 Å². The Balaban J connectivity index is 2.41. The van der Waals surface area contributed by atoms with E-state index in [9.17, 15) is 8.78 Å². The van der Waals surface area contributed by atoms with Gasteiger partial charge in [0.15, 0.2) is 0 Å². The summed E-state index contributed by atoms with van der Waals surface area (Å²) in [6.07, 6.45) is 0.984. The summed E-state index contributed by atoms with van der Waals surface area (Å²) in [6, 6.07) is 0. The van der Waals surface area contributed by atoms with E-state index in [2.05, 4.69) is 5.32 Å². The lowest BCUT2D eigenvalue weighted by molar-refractivity contribution is -0.0727. The summed E-state index contributed by atoms with van der Waals surface area (Å²) < 4.78 is 26.4. The number of nitrogens with two attached hydrogens (primary N) is 1. The molecule has 0 aliphatic carbocycles. The van der Waals surface area contributed by atoms with Gasteiger partial charge in [0.05, 0.1) is 0 Å². The SMILES string of the molecule is NCCC(F)(F)C1CCNCC1. The molecular weight excluding hydrogens is 162 g/mol. The highest BCUT2D eigenvalue weighted by molar-refractivity contribution is 4.81. The maximum Gasteiger partial charge on any atom is 0.252 e. The molecule has 1 heterocycles. The van der Waals surface area contributed by atoms with E-state index in [4.69, 9.17) is 5.73 Å². The summed E-state index contributed by atoms with van der Waals surface area (Å²) in [7, 11) is 0. The summed E-state index contributed by atoms with van der Waals surface area (Å²) in [5, 5.41) is 3.06. The summed E-state index contributed by atoms with van der Waals surface area (Å²) in [6.45, 7) is 1.51. The van der Waals surface area contributed by atoms with E-state index in [1.54, 1.807) is 0 Å². The molecule has 0 aromatic carbocycles. The third-order valence-corrected chi connectivity index (χ3v) is 2.41.